The summed E-state index contributed by atoms with van der Waals surface area (Å²) in [5, 5.41) is 5.56. The maximum atomic E-state index is 13.4. The van der Waals surface area contributed by atoms with Crippen LogP contribution < -0.4 is 21.1 Å². The van der Waals surface area contributed by atoms with Gasteiger partial charge < -0.3 is 21.1 Å². The molecule has 0 saturated heterocycles. The van der Waals surface area contributed by atoms with Crippen LogP contribution in [0.4, 0.5) is 24.5 Å². The van der Waals surface area contributed by atoms with Crippen LogP contribution in [0.3, 0.4) is 0 Å². The van der Waals surface area contributed by atoms with Gasteiger partial charge >= 0.3 is 6.18 Å². The third kappa shape index (κ3) is 4.75. The van der Waals surface area contributed by atoms with Crippen molar-refractivity contribution in [1.82, 2.24) is 5.32 Å². The minimum atomic E-state index is -4.51. The zero-order chi connectivity index (χ0) is 20.4. The number of benzene rings is 2. The van der Waals surface area contributed by atoms with Crippen molar-refractivity contribution in [3.8, 4) is 5.75 Å². The largest absolute Gasteiger partial charge is 0.494 e. The van der Waals surface area contributed by atoms with Crippen molar-refractivity contribution in [3.05, 3.63) is 53.6 Å². The van der Waals surface area contributed by atoms with Crippen molar-refractivity contribution in [2.45, 2.75) is 38.0 Å². The number of carbonyl (C=O) groups is 1. The highest BCUT2D eigenvalue weighted by Gasteiger charge is 2.45. The number of anilines is 2. The topological polar surface area (TPSA) is 76.4 Å². The predicted octanol–water partition coefficient (Wildman–Crippen LogP) is 3.96. The Morgan fingerprint density at radius 3 is 2.43 bits per heavy atom. The number of amides is 1. The standard InChI is InChI=1S/C20H22F3N3O2/c1-2-28-15-7-8-17(16(11-15)20(21,22)23)26-14-5-3-13(4-6-14)12-25-18(27)19(24)9-10-19/h3-8,11,26H,2,9-10,12,24H2,1H3,(H,25,27). The summed E-state index contributed by atoms with van der Waals surface area (Å²) >= 11 is 0. The molecule has 1 amide bonds. The fourth-order valence-corrected chi connectivity index (χ4v) is 2.70. The molecular weight excluding hydrogens is 371 g/mol. The Balaban J connectivity index is 1.68. The van der Waals surface area contributed by atoms with E-state index in [9.17, 15) is 18.0 Å². The molecular formula is C20H22F3N3O2. The van der Waals surface area contributed by atoms with E-state index < -0.39 is 17.3 Å². The van der Waals surface area contributed by atoms with E-state index >= 15 is 0 Å². The molecule has 4 N–H and O–H groups in total. The molecule has 2 aromatic carbocycles. The second-order valence-corrected chi connectivity index (χ2v) is 6.80. The van der Waals surface area contributed by atoms with Crippen molar-refractivity contribution in [2.75, 3.05) is 11.9 Å². The van der Waals surface area contributed by atoms with E-state index in [1.165, 1.54) is 12.1 Å². The van der Waals surface area contributed by atoms with Crippen molar-refractivity contribution >= 4 is 17.3 Å². The van der Waals surface area contributed by atoms with Gasteiger partial charge in [-0.2, -0.15) is 13.2 Å². The fourth-order valence-electron chi connectivity index (χ4n) is 2.70. The van der Waals surface area contributed by atoms with Crippen molar-refractivity contribution < 1.29 is 22.7 Å². The third-order valence-corrected chi connectivity index (χ3v) is 4.53. The molecule has 0 unspecified atom stereocenters. The molecule has 5 nitrogen and oxygen atoms in total. The van der Waals surface area contributed by atoms with Gasteiger partial charge in [0, 0.05) is 12.2 Å². The Morgan fingerprint density at radius 1 is 1.18 bits per heavy atom. The van der Waals surface area contributed by atoms with E-state index in [1.54, 1.807) is 31.2 Å². The molecule has 3 rings (SSSR count). The van der Waals surface area contributed by atoms with Gasteiger partial charge in [0.15, 0.2) is 0 Å². The average molecular weight is 393 g/mol. The van der Waals surface area contributed by atoms with E-state index in [4.69, 9.17) is 10.5 Å². The normalized spacial score (nSPS) is 15.0. The summed E-state index contributed by atoms with van der Waals surface area (Å²) in [6, 6.07) is 10.6. The van der Waals surface area contributed by atoms with Gasteiger partial charge in [-0.1, -0.05) is 12.1 Å². The molecule has 1 saturated carbocycles. The second-order valence-electron chi connectivity index (χ2n) is 6.80. The van der Waals surface area contributed by atoms with Gasteiger partial charge in [0.05, 0.1) is 23.4 Å². The van der Waals surface area contributed by atoms with Gasteiger partial charge in [0.25, 0.3) is 0 Å². The zero-order valence-corrected chi connectivity index (χ0v) is 15.4. The van der Waals surface area contributed by atoms with Crippen molar-refractivity contribution in [3.63, 3.8) is 0 Å². The van der Waals surface area contributed by atoms with Crippen molar-refractivity contribution in [2.24, 2.45) is 5.73 Å². The lowest BCUT2D eigenvalue weighted by Gasteiger charge is -2.16. The lowest BCUT2D eigenvalue weighted by molar-refractivity contribution is -0.137. The number of hydrogen-bond donors (Lipinski definition) is 3. The Kier molecular flexibility index (Phi) is 5.51. The molecule has 1 aliphatic carbocycles. The van der Waals surface area contributed by atoms with Crippen LogP contribution in [0.15, 0.2) is 42.5 Å². The summed E-state index contributed by atoms with van der Waals surface area (Å²) in [7, 11) is 0. The molecule has 28 heavy (non-hydrogen) atoms. The summed E-state index contributed by atoms with van der Waals surface area (Å²) in [5.41, 5.74) is 5.56. The summed E-state index contributed by atoms with van der Waals surface area (Å²) in [6.45, 7) is 2.31. The first-order chi connectivity index (χ1) is 13.2. The van der Waals surface area contributed by atoms with Crippen LogP contribution in [-0.4, -0.2) is 18.1 Å². The van der Waals surface area contributed by atoms with Crippen LogP contribution in [-0.2, 0) is 17.5 Å². The van der Waals surface area contributed by atoms with E-state index in [-0.39, 0.29) is 24.0 Å². The lowest BCUT2D eigenvalue weighted by Crippen LogP contribution is -2.42. The number of alkyl halides is 3. The first-order valence-corrected chi connectivity index (χ1v) is 8.98. The van der Waals surface area contributed by atoms with Crippen LogP contribution >= 0.6 is 0 Å². The molecule has 0 aliphatic heterocycles. The van der Waals surface area contributed by atoms with Gasteiger partial charge in [-0.3, -0.25) is 4.79 Å². The predicted molar refractivity (Wildman–Crippen MR) is 100 cm³/mol. The van der Waals surface area contributed by atoms with Crippen LogP contribution in [0.25, 0.3) is 0 Å². The van der Waals surface area contributed by atoms with Crippen molar-refractivity contribution in [1.29, 1.82) is 0 Å². The lowest BCUT2D eigenvalue weighted by atomic mass is 10.1. The fraction of sp³-hybridized carbons (Fsp3) is 0.350. The monoisotopic (exact) mass is 393 g/mol. The number of carbonyl (C=O) groups excluding carboxylic acids is 1. The highest BCUT2D eigenvalue weighted by atomic mass is 19.4. The molecule has 150 valence electrons. The van der Waals surface area contributed by atoms with Gasteiger partial charge in [0.2, 0.25) is 5.91 Å². The molecule has 1 fully saturated rings. The van der Waals surface area contributed by atoms with Crippen LogP contribution in [0.5, 0.6) is 5.75 Å². The average Bonchev–Trinajstić information content (AvgIpc) is 3.40. The zero-order valence-electron chi connectivity index (χ0n) is 15.4. The summed E-state index contributed by atoms with van der Waals surface area (Å²) < 4.78 is 45.3. The Hall–Kier alpha value is -2.74. The van der Waals surface area contributed by atoms with E-state index in [0.29, 0.717) is 25.1 Å². The quantitative estimate of drug-likeness (QED) is 0.666. The molecule has 0 atom stereocenters. The number of halogens is 3. The number of rotatable bonds is 7. The summed E-state index contributed by atoms with van der Waals surface area (Å²) in [5.74, 6) is -0.0151. The minimum Gasteiger partial charge on any atom is -0.494 e. The molecule has 1 aliphatic rings. The summed E-state index contributed by atoms with van der Waals surface area (Å²) in [6.07, 6.45) is -3.14. The van der Waals surface area contributed by atoms with E-state index in [2.05, 4.69) is 10.6 Å². The van der Waals surface area contributed by atoms with E-state index in [0.717, 1.165) is 11.6 Å². The Labute approximate surface area is 161 Å². The SMILES string of the molecule is CCOc1ccc(Nc2ccc(CNC(=O)C3(N)CC3)cc2)c(C(F)(F)F)c1. The van der Waals surface area contributed by atoms with E-state index in [1.807, 2.05) is 0 Å². The molecule has 0 aromatic heterocycles. The van der Waals surface area contributed by atoms with Gasteiger partial charge in [-0.05, 0) is 55.7 Å². The summed E-state index contributed by atoms with van der Waals surface area (Å²) in [4.78, 5) is 11.8. The first-order valence-electron chi connectivity index (χ1n) is 8.98. The minimum absolute atomic E-state index is 0.0594. The number of nitrogens with one attached hydrogen (secondary N) is 2. The van der Waals surface area contributed by atoms with Crippen LogP contribution in [0, 0.1) is 0 Å². The number of hydrogen-bond acceptors (Lipinski definition) is 4. The maximum Gasteiger partial charge on any atom is 0.418 e. The molecule has 8 heteroatoms. The number of ether oxygens (including phenoxy) is 1. The molecule has 2 aromatic rings. The highest BCUT2D eigenvalue weighted by molar-refractivity contribution is 5.88. The maximum absolute atomic E-state index is 13.4. The molecule has 0 radical (unpaired) electrons. The molecule has 0 spiro atoms. The third-order valence-electron chi connectivity index (χ3n) is 4.53. The van der Waals surface area contributed by atoms with Crippen LogP contribution in [0.2, 0.25) is 0 Å². The second kappa shape index (κ2) is 7.71. The highest BCUT2D eigenvalue weighted by Crippen LogP contribution is 2.38. The molecule has 0 heterocycles. The van der Waals surface area contributed by atoms with Gasteiger partial charge in [0.1, 0.15) is 5.75 Å². The Bertz CT molecular complexity index is 847. The van der Waals surface area contributed by atoms with Gasteiger partial charge in [-0.25, -0.2) is 0 Å². The smallest absolute Gasteiger partial charge is 0.418 e. The van der Waals surface area contributed by atoms with Crippen LogP contribution in [0.1, 0.15) is 30.9 Å². The Morgan fingerprint density at radius 2 is 1.86 bits per heavy atom. The number of nitrogens with two attached hydrogens (primary N) is 1. The van der Waals surface area contributed by atoms with Gasteiger partial charge in [-0.15, -0.1) is 0 Å². The molecule has 0 bridgehead atoms. The first kappa shape index (κ1) is 20.0.